The van der Waals surface area contributed by atoms with Crippen LogP contribution in [0.3, 0.4) is 0 Å². The van der Waals surface area contributed by atoms with Crippen LogP contribution >= 0.6 is 0 Å². The first-order valence-electron chi connectivity index (χ1n) is 5.16. The fraction of sp³-hybridized carbons (Fsp3) is 0.818. The first-order chi connectivity index (χ1) is 6.49. The van der Waals surface area contributed by atoms with Crippen LogP contribution in [0.1, 0.15) is 27.2 Å². The maximum atomic E-state index is 14.0. The molecule has 0 saturated carbocycles. The monoisotopic (exact) mass is 201 g/mol. The smallest absolute Gasteiger partial charge is 0.128 e. The van der Waals surface area contributed by atoms with Crippen molar-refractivity contribution in [2.24, 2.45) is 0 Å². The second kappa shape index (κ2) is 4.89. The Labute approximate surface area is 85.5 Å². The van der Waals surface area contributed by atoms with Gasteiger partial charge >= 0.3 is 0 Å². The van der Waals surface area contributed by atoms with E-state index < -0.39 is 5.67 Å². The summed E-state index contributed by atoms with van der Waals surface area (Å²) >= 11 is 0. The van der Waals surface area contributed by atoms with Gasteiger partial charge in [0.2, 0.25) is 0 Å². The average molecular weight is 201 g/mol. The van der Waals surface area contributed by atoms with Gasteiger partial charge in [0.25, 0.3) is 0 Å². The van der Waals surface area contributed by atoms with Gasteiger partial charge in [0.1, 0.15) is 5.67 Å². The lowest BCUT2D eigenvalue weighted by Crippen LogP contribution is -2.44. The maximum absolute atomic E-state index is 14.0. The normalized spacial score (nSPS) is 26.7. The van der Waals surface area contributed by atoms with Crippen LogP contribution in [0.5, 0.6) is 0 Å². The molecule has 1 aliphatic rings. The van der Waals surface area contributed by atoms with Crippen LogP contribution in [0.2, 0.25) is 0 Å². The predicted octanol–water partition coefficient (Wildman–Crippen LogP) is 2.06. The second-order valence-corrected chi connectivity index (χ2v) is 4.43. The van der Waals surface area contributed by atoms with Crippen molar-refractivity contribution in [3.63, 3.8) is 0 Å². The summed E-state index contributed by atoms with van der Waals surface area (Å²) in [5, 5.41) is 3.25. The van der Waals surface area contributed by atoms with Crippen LogP contribution in [0.25, 0.3) is 0 Å². The number of halogens is 1. The number of ether oxygens (including phenoxy) is 1. The Hall–Kier alpha value is -0.410. The molecule has 1 heterocycles. The number of allylic oxidation sites excluding steroid dienone is 2. The highest BCUT2D eigenvalue weighted by Gasteiger charge is 2.26. The largest absolute Gasteiger partial charge is 0.379 e. The van der Waals surface area contributed by atoms with Gasteiger partial charge in [-0.15, -0.1) is 0 Å². The third kappa shape index (κ3) is 4.20. The van der Waals surface area contributed by atoms with Crippen molar-refractivity contribution in [1.29, 1.82) is 0 Å². The molecule has 1 fully saturated rings. The van der Waals surface area contributed by atoms with E-state index in [1.807, 2.05) is 13.8 Å². The van der Waals surface area contributed by atoms with Crippen LogP contribution in [0, 0.1) is 0 Å². The van der Waals surface area contributed by atoms with E-state index >= 15 is 0 Å². The molecule has 0 aromatic carbocycles. The molecule has 0 aromatic rings. The highest BCUT2D eigenvalue weighted by Crippen LogP contribution is 2.22. The minimum Gasteiger partial charge on any atom is -0.379 e. The molecule has 1 saturated heterocycles. The Morgan fingerprint density at radius 3 is 2.86 bits per heavy atom. The summed E-state index contributed by atoms with van der Waals surface area (Å²) in [6.45, 7) is 7.65. The van der Waals surface area contributed by atoms with Crippen LogP contribution in [-0.2, 0) is 4.74 Å². The van der Waals surface area contributed by atoms with E-state index in [0.29, 0.717) is 13.0 Å². The topological polar surface area (TPSA) is 21.3 Å². The summed E-state index contributed by atoms with van der Waals surface area (Å²) in [6.07, 6.45) is 2.17. The second-order valence-electron chi connectivity index (χ2n) is 4.43. The van der Waals surface area contributed by atoms with Crippen molar-refractivity contribution in [3.05, 3.63) is 11.6 Å². The Morgan fingerprint density at radius 1 is 1.64 bits per heavy atom. The predicted molar refractivity (Wildman–Crippen MR) is 56.2 cm³/mol. The number of hydrogen-bond acceptors (Lipinski definition) is 2. The van der Waals surface area contributed by atoms with E-state index in [-0.39, 0.29) is 6.04 Å². The third-order valence-corrected chi connectivity index (χ3v) is 2.23. The Bertz CT molecular complexity index is 203. The molecule has 0 aliphatic carbocycles. The highest BCUT2D eigenvalue weighted by atomic mass is 19.1. The van der Waals surface area contributed by atoms with Gasteiger partial charge < -0.3 is 10.1 Å². The van der Waals surface area contributed by atoms with E-state index in [1.54, 1.807) is 13.0 Å². The van der Waals surface area contributed by atoms with Crippen molar-refractivity contribution in [2.75, 3.05) is 19.8 Å². The highest BCUT2D eigenvalue weighted by molar-refractivity contribution is 5.06. The molecule has 2 nitrogen and oxygen atoms in total. The van der Waals surface area contributed by atoms with Gasteiger partial charge in [-0.1, -0.05) is 5.57 Å². The SMILES string of the molecule is CC(C)=CC(C)(F)CC1COCCN1. The lowest BCUT2D eigenvalue weighted by atomic mass is 9.96. The minimum absolute atomic E-state index is 0.148. The summed E-state index contributed by atoms with van der Waals surface area (Å²) in [5.41, 5.74) is -0.205. The molecule has 0 aromatic heterocycles. The molecule has 0 bridgehead atoms. The number of nitrogens with one attached hydrogen (secondary N) is 1. The quantitative estimate of drug-likeness (QED) is 0.706. The molecule has 1 aliphatic heterocycles. The summed E-state index contributed by atoms with van der Waals surface area (Å²) in [5.74, 6) is 0. The molecule has 14 heavy (non-hydrogen) atoms. The third-order valence-electron chi connectivity index (χ3n) is 2.23. The standard InChI is InChI=1S/C11H20FNO/c1-9(2)6-11(3,12)7-10-8-14-5-4-13-10/h6,10,13H,4-5,7-8H2,1-3H3. The number of hydrogen-bond donors (Lipinski definition) is 1. The molecular weight excluding hydrogens is 181 g/mol. The molecule has 1 rings (SSSR count). The van der Waals surface area contributed by atoms with E-state index in [0.717, 1.165) is 18.7 Å². The Balaban J connectivity index is 2.44. The molecule has 0 radical (unpaired) electrons. The first kappa shape index (κ1) is 11.7. The van der Waals surface area contributed by atoms with Crippen molar-refractivity contribution in [3.8, 4) is 0 Å². The van der Waals surface area contributed by atoms with Gasteiger partial charge in [-0.25, -0.2) is 4.39 Å². The maximum Gasteiger partial charge on any atom is 0.128 e. The van der Waals surface area contributed by atoms with Crippen molar-refractivity contribution >= 4 is 0 Å². The van der Waals surface area contributed by atoms with E-state index in [2.05, 4.69) is 5.32 Å². The lowest BCUT2D eigenvalue weighted by molar-refractivity contribution is 0.0578. The van der Waals surface area contributed by atoms with Crippen molar-refractivity contribution < 1.29 is 9.13 Å². The zero-order chi connectivity index (χ0) is 10.6. The van der Waals surface area contributed by atoms with Gasteiger partial charge in [-0.3, -0.25) is 0 Å². The zero-order valence-corrected chi connectivity index (χ0v) is 9.27. The van der Waals surface area contributed by atoms with Crippen LogP contribution < -0.4 is 5.32 Å². The summed E-state index contributed by atoms with van der Waals surface area (Å²) < 4.78 is 19.2. The van der Waals surface area contributed by atoms with E-state index in [1.165, 1.54) is 0 Å². The summed E-state index contributed by atoms with van der Waals surface area (Å²) in [4.78, 5) is 0. The molecule has 3 heteroatoms. The van der Waals surface area contributed by atoms with Crippen molar-refractivity contribution in [1.82, 2.24) is 5.32 Å². The molecule has 2 unspecified atom stereocenters. The minimum atomic E-state index is -1.22. The fourth-order valence-corrected chi connectivity index (χ4v) is 1.89. The summed E-state index contributed by atoms with van der Waals surface area (Å²) in [7, 11) is 0. The number of morpholine rings is 1. The summed E-state index contributed by atoms with van der Waals surface area (Å²) in [6, 6.07) is 0.148. The van der Waals surface area contributed by atoms with Gasteiger partial charge in [0.05, 0.1) is 13.2 Å². The van der Waals surface area contributed by atoms with Gasteiger partial charge in [0.15, 0.2) is 0 Å². The fourth-order valence-electron chi connectivity index (χ4n) is 1.89. The van der Waals surface area contributed by atoms with Gasteiger partial charge in [-0.05, 0) is 26.8 Å². The van der Waals surface area contributed by atoms with E-state index in [9.17, 15) is 4.39 Å². The van der Waals surface area contributed by atoms with E-state index in [4.69, 9.17) is 4.74 Å². The Kier molecular flexibility index (Phi) is 4.08. The first-order valence-corrected chi connectivity index (χ1v) is 5.16. The number of alkyl halides is 1. The molecule has 1 N–H and O–H groups in total. The molecule has 2 atom stereocenters. The average Bonchev–Trinajstić information content (AvgIpc) is 2.02. The lowest BCUT2D eigenvalue weighted by Gasteiger charge is -2.28. The van der Waals surface area contributed by atoms with Gasteiger partial charge in [0, 0.05) is 19.0 Å². The van der Waals surface area contributed by atoms with Crippen molar-refractivity contribution in [2.45, 2.75) is 38.9 Å². The van der Waals surface area contributed by atoms with Crippen LogP contribution in [0.15, 0.2) is 11.6 Å². The molecule has 0 amide bonds. The van der Waals surface area contributed by atoms with Gasteiger partial charge in [-0.2, -0.15) is 0 Å². The molecule has 0 spiro atoms. The molecule has 82 valence electrons. The Morgan fingerprint density at radius 2 is 2.36 bits per heavy atom. The van der Waals surface area contributed by atoms with Crippen LogP contribution in [0.4, 0.5) is 4.39 Å². The zero-order valence-electron chi connectivity index (χ0n) is 9.27. The number of rotatable bonds is 3. The van der Waals surface area contributed by atoms with Crippen LogP contribution in [-0.4, -0.2) is 31.5 Å². The molecular formula is C11H20FNO.